The molecule has 0 saturated carbocycles. The average molecular weight is 371 g/mol. The molecule has 2 aliphatic rings. The third kappa shape index (κ3) is 3.15. The molecular formula is C18H17N3O4S. The van der Waals surface area contributed by atoms with Crippen LogP contribution in [0.15, 0.2) is 35.7 Å². The van der Waals surface area contributed by atoms with Gasteiger partial charge in [-0.25, -0.2) is 0 Å². The second-order valence-corrected chi connectivity index (χ2v) is 7.06. The minimum Gasteiger partial charge on any atom is -0.482 e. The predicted molar refractivity (Wildman–Crippen MR) is 96.7 cm³/mol. The lowest BCUT2D eigenvalue weighted by Gasteiger charge is -2.34. The molecule has 1 N–H and O–H groups in total. The highest BCUT2D eigenvalue weighted by Crippen LogP contribution is 2.29. The van der Waals surface area contributed by atoms with E-state index in [4.69, 9.17) is 4.74 Å². The van der Waals surface area contributed by atoms with Crippen molar-refractivity contribution in [2.75, 3.05) is 38.1 Å². The number of nitrogens with zero attached hydrogens (tertiary/aromatic N) is 2. The van der Waals surface area contributed by atoms with Gasteiger partial charge in [-0.3, -0.25) is 14.4 Å². The highest BCUT2D eigenvalue weighted by atomic mass is 32.1. The molecule has 7 nitrogen and oxygen atoms in total. The molecule has 26 heavy (non-hydrogen) atoms. The standard InChI is InChI=1S/C18H17N3O4S/c22-16-11-25-14-4-3-12(10-13(14)19-16)17(23)20-5-7-21(8-6-20)18(24)15-2-1-9-26-15/h1-4,9-10H,5-8,11H2,(H,19,22). The van der Waals surface area contributed by atoms with Gasteiger partial charge in [0.25, 0.3) is 17.7 Å². The van der Waals surface area contributed by atoms with Crippen LogP contribution in [0.1, 0.15) is 20.0 Å². The van der Waals surface area contributed by atoms with Gasteiger partial charge in [0.15, 0.2) is 6.61 Å². The number of benzene rings is 1. The Bertz CT molecular complexity index is 857. The maximum Gasteiger partial charge on any atom is 0.264 e. The predicted octanol–water partition coefficient (Wildman–Crippen LogP) is 1.68. The van der Waals surface area contributed by atoms with Gasteiger partial charge in [0.2, 0.25) is 0 Å². The fourth-order valence-corrected chi connectivity index (χ4v) is 3.76. The van der Waals surface area contributed by atoms with Crippen molar-refractivity contribution in [3.05, 3.63) is 46.2 Å². The molecule has 1 aromatic heterocycles. The Morgan fingerprint density at radius 2 is 1.77 bits per heavy atom. The number of hydrogen-bond acceptors (Lipinski definition) is 5. The van der Waals surface area contributed by atoms with Crippen LogP contribution in [0.5, 0.6) is 5.75 Å². The largest absolute Gasteiger partial charge is 0.482 e. The molecule has 0 aliphatic carbocycles. The minimum atomic E-state index is -0.234. The number of fused-ring (bicyclic) bond motifs is 1. The summed E-state index contributed by atoms with van der Waals surface area (Å²) in [6.07, 6.45) is 0. The first kappa shape index (κ1) is 16.6. The van der Waals surface area contributed by atoms with Gasteiger partial charge < -0.3 is 19.9 Å². The first-order valence-electron chi connectivity index (χ1n) is 8.30. The first-order chi connectivity index (χ1) is 12.6. The molecule has 2 aromatic rings. The topological polar surface area (TPSA) is 79.0 Å². The van der Waals surface area contributed by atoms with Crippen LogP contribution in [0.25, 0.3) is 0 Å². The van der Waals surface area contributed by atoms with Crippen LogP contribution in [-0.4, -0.2) is 60.3 Å². The van der Waals surface area contributed by atoms with E-state index in [2.05, 4.69) is 5.32 Å². The van der Waals surface area contributed by atoms with Gasteiger partial charge in [-0.15, -0.1) is 11.3 Å². The second kappa shape index (κ2) is 6.80. The van der Waals surface area contributed by atoms with Crippen molar-refractivity contribution in [3.8, 4) is 5.75 Å². The Morgan fingerprint density at radius 3 is 2.46 bits per heavy atom. The lowest BCUT2D eigenvalue weighted by atomic mass is 10.1. The molecule has 2 aliphatic heterocycles. The molecule has 0 bridgehead atoms. The third-order valence-corrected chi connectivity index (χ3v) is 5.30. The molecule has 0 atom stereocenters. The Hall–Kier alpha value is -2.87. The van der Waals surface area contributed by atoms with Crippen molar-refractivity contribution >= 4 is 34.7 Å². The number of amides is 3. The van der Waals surface area contributed by atoms with Crippen LogP contribution < -0.4 is 10.1 Å². The lowest BCUT2D eigenvalue weighted by molar-refractivity contribution is -0.118. The van der Waals surface area contributed by atoms with Gasteiger partial charge in [0, 0.05) is 31.7 Å². The molecule has 134 valence electrons. The van der Waals surface area contributed by atoms with Crippen LogP contribution in [-0.2, 0) is 4.79 Å². The van der Waals surface area contributed by atoms with Crippen molar-refractivity contribution in [3.63, 3.8) is 0 Å². The van der Waals surface area contributed by atoms with E-state index in [9.17, 15) is 14.4 Å². The summed E-state index contributed by atoms with van der Waals surface area (Å²) in [4.78, 5) is 40.8. The minimum absolute atomic E-state index is 0.0134. The van der Waals surface area contributed by atoms with Crippen LogP contribution in [0, 0.1) is 0 Å². The summed E-state index contributed by atoms with van der Waals surface area (Å²) in [6.45, 7) is 1.97. The number of anilines is 1. The van der Waals surface area contributed by atoms with E-state index in [0.29, 0.717) is 43.2 Å². The highest BCUT2D eigenvalue weighted by Gasteiger charge is 2.27. The zero-order chi connectivity index (χ0) is 18.1. The summed E-state index contributed by atoms with van der Waals surface area (Å²) >= 11 is 1.42. The average Bonchev–Trinajstić information content (AvgIpc) is 3.21. The van der Waals surface area contributed by atoms with Gasteiger partial charge >= 0.3 is 0 Å². The van der Waals surface area contributed by atoms with Crippen molar-refractivity contribution in [1.29, 1.82) is 0 Å². The van der Waals surface area contributed by atoms with E-state index in [1.54, 1.807) is 28.0 Å². The van der Waals surface area contributed by atoms with E-state index in [1.807, 2.05) is 17.5 Å². The second-order valence-electron chi connectivity index (χ2n) is 6.11. The SMILES string of the molecule is O=C1COc2ccc(C(=O)N3CCN(C(=O)c4cccs4)CC3)cc2N1. The van der Waals surface area contributed by atoms with Crippen molar-refractivity contribution in [1.82, 2.24) is 9.80 Å². The first-order valence-corrected chi connectivity index (χ1v) is 9.18. The van der Waals surface area contributed by atoms with Gasteiger partial charge in [-0.1, -0.05) is 6.07 Å². The zero-order valence-electron chi connectivity index (χ0n) is 13.9. The van der Waals surface area contributed by atoms with Gasteiger partial charge in [-0.05, 0) is 29.6 Å². The summed E-state index contributed by atoms with van der Waals surface area (Å²) < 4.78 is 5.31. The smallest absolute Gasteiger partial charge is 0.264 e. The molecule has 1 saturated heterocycles. The molecule has 3 amide bonds. The van der Waals surface area contributed by atoms with Crippen LogP contribution in [0.2, 0.25) is 0 Å². The summed E-state index contributed by atoms with van der Waals surface area (Å²) in [6, 6.07) is 8.70. The van der Waals surface area contributed by atoms with Crippen LogP contribution >= 0.6 is 11.3 Å². The van der Waals surface area contributed by atoms with Crippen LogP contribution in [0.3, 0.4) is 0 Å². The number of ether oxygens (including phenoxy) is 1. The van der Waals surface area contributed by atoms with Crippen molar-refractivity contribution < 1.29 is 19.1 Å². The fraction of sp³-hybridized carbons (Fsp3) is 0.278. The molecule has 0 radical (unpaired) electrons. The van der Waals surface area contributed by atoms with Crippen molar-refractivity contribution in [2.24, 2.45) is 0 Å². The van der Waals surface area contributed by atoms with Gasteiger partial charge in [0.05, 0.1) is 10.6 Å². The van der Waals surface area contributed by atoms with Gasteiger partial charge in [0.1, 0.15) is 5.75 Å². The molecule has 1 fully saturated rings. The van der Waals surface area contributed by atoms with E-state index in [1.165, 1.54) is 11.3 Å². The fourth-order valence-electron chi connectivity index (χ4n) is 3.07. The molecule has 1 aromatic carbocycles. The molecule has 0 unspecified atom stereocenters. The molecular weight excluding hydrogens is 354 g/mol. The summed E-state index contributed by atoms with van der Waals surface area (Å²) in [5.74, 6) is 0.229. The maximum atomic E-state index is 12.7. The van der Waals surface area contributed by atoms with Crippen molar-refractivity contribution in [2.45, 2.75) is 0 Å². The Balaban J connectivity index is 1.42. The summed E-state index contributed by atoms with van der Waals surface area (Å²) in [5.41, 5.74) is 1.01. The summed E-state index contributed by atoms with van der Waals surface area (Å²) in [7, 11) is 0. The number of nitrogens with one attached hydrogen (secondary N) is 1. The van der Waals surface area contributed by atoms with E-state index < -0.39 is 0 Å². The third-order valence-electron chi connectivity index (χ3n) is 4.45. The number of carbonyl (C=O) groups excluding carboxylic acids is 3. The Kier molecular flexibility index (Phi) is 4.34. The monoisotopic (exact) mass is 371 g/mol. The maximum absolute atomic E-state index is 12.7. The normalized spacial score (nSPS) is 16.5. The molecule has 0 spiro atoms. The number of piperazine rings is 1. The van der Waals surface area contributed by atoms with E-state index in [0.717, 1.165) is 4.88 Å². The molecule has 8 heteroatoms. The van der Waals surface area contributed by atoms with Crippen LogP contribution in [0.4, 0.5) is 5.69 Å². The number of rotatable bonds is 2. The number of carbonyl (C=O) groups is 3. The Labute approximate surface area is 154 Å². The van der Waals surface area contributed by atoms with Gasteiger partial charge in [-0.2, -0.15) is 0 Å². The summed E-state index contributed by atoms with van der Waals surface area (Å²) in [5, 5.41) is 4.59. The number of hydrogen-bond donors (Lipinski definition) is 1. The lowest BCUT2D eigenvalue weighted by Crippen LogP contribution is -2.50. The molecule has 4 rings (SSSR count). The quantitative estimate of drug-likeness (QED) is 0.871. The molecule has 3 heterocycles. The zero-order valence-corrected chi connectivity index (χ0v) is 14.8. The number of thiophene rings is 1. The Morgan fingerprint density at radius 1 is 1.04 bits per heavy atom. The van der Waals surface area contributed by atoms with E-state index in [-0.39, 0.29) is 24.3 Å². The van der Waals surface area contributed by atoms with E-state index >= 15 is 0 Å². The highest BCUT2D eigenvalue weighted by molar-refractivity contribution is 7.12.